The molecule has 0 spiro atoms. The van der Waals surface area contributed by atoms with Crippen molar-refractivity contribution in [2.24, 2.45) is 5.73 Å². The van der Waals surface area contributed by atoms with Crippen LogP contribution in [0.3, 0.4) is 0 Å². The number of rotatable bonds is 6. The van der Waals surface area contributed by atoms with Gasteiger partial charge in [-0.1, -0.05) is 12.1 Å². The van der Waals surface area contributed by atoms with E-state index < -0.39 is 0 Å². The third-order valence-corrected chi connectivity index (χ3v) is 3.61. The highest BCUT2D eigenvalue weighted by Crippen LogP contribution is 2.24. The van der Waals surface area contributed by atoms with Gasteiger partial charge in [0.25, 0.3) is 0 Å². The largest absolute Gasteiger partial charge is 0.497 e. The fourth-order valence-electron chi connectivity index (χ4n) is 1.94. The zero-order valence-electron chi connectivity index (χ0n) is 11.2. The average Bonchev–Trinajstić information content (AvgIpc) is 2.93. The summed E-state index contributed by atoms with van der Waals surface area (Å²) in [5.74, 6) is 0.842. The number of nitrogens with two attached hydrogens (primary N) is 1. The second-order valence-electron chi connectivity index (χ2n) is 4.50. The summed E-state index contributed by atoms with van der Waals surface area (Å²) < 4.78 is 11.2. The summed E-state index contributed by atoms with van der Waals surface area (Å²) in [5.41, 5.74) is 8.23. The molecule has 0 radical (unpaired) electrons. The van der Waals surface area contributed by atoms with Gasteiger partial charge in [0.2, 0.25) is 0 Å². The van der Waals surface area contributed by atoms with E-state index >= 15 is 0 Å². The molecule has 0 saturated carbocycles. The predicted octanol–water partition coefficient (Wildman–Crippen LogP) is 3.36. The summed E-state index contributed by atoms with van der Waals surface area (Å²) in [6.07, 6.45) is -0.0718. The molecular weight excluding hydrogens is 258 g/mol. The van der Waals surface area contributed by atoms with Crippen molar-refractivity contribution in [2.75, 3.05) is 7.11 Å². The Labute approximate surface area is 118 Å². The molecule has 2 unspecified atom stereocenters. The molecule has 0 bridgehead atoms. The molecule has 1 aromatic heterocycles. The van der Waals surface area contributed by atoms with Gasteiger partial charge in [0, 0.05) is 6.04 Å². The summed E-state index contributed by atoms with van der Waals surface area (Å²) in [6, 6.07) is 9.90. The average molecular weight is 277 g/mol. The van der Waals surface area contributed by atoms with Crippen LogP contribution in [0.5, 0.6) is 5.75 Å². The maximum Gasteiger partial charge on any atom is 0.119 e. The maximum atomic E-state index is 6.00. The molecule has 0 saturated heterocycles. The Morgan fingerprint density at radius 3 is 2.79 bits per heavy atom. The van der Waals surface area contributed by atoms with E-state index in [4.69, 9.17) is 15.2 Å². The lowest BCUT2D eigenvalue weighted by Gasteiger charge is -2.20. The molecule has 2 atom stereocenters. The van der Waals surface area contributed by atoms with Crippen LogP contribution in [0.4, 0.5) is 0 Å². The van der Waals surface area contributed by atoms with Crippen molar-refractivity contribution in [1.29, 1.82) is 0 Å². The predicted molar refractivity (Wildman–Crippen MR) is 78.5 cm³/mol. The van der Waals surface area contributed by atoms with E-state index in [1.807, 2.05) is 36.6 Å². The quantitative estimate of drug-likeness (QED) is 0.880. The van der Waals surface area contributed by atoms with Crippen LogP contribution in [0, 0.1) is 0 Å². The molecule has 0 fully saturated rings. The van der Waals surface area contributed by atoms with Crippen LogP contribution >= 0.6 is 11.3 Å². The van der Waals surface area contributed by atoms with Crippen LogP contribution < -0.4 is 10.5 Å². The van der Waals surface area contributed by atoms with Crippen molar-refractivity contribution in [3.63, 3.8) is 0 Å². The van der Waals surface area contributed by atoms with Gasteiger partial charge in [0.1, 0.15) is 5.75 Å². The van der Waals surface area contributed by atoms with Crippen molar-refractivity contribution >= 4 is 11.3 Å². The van der Waals surface area contributed by atoms with Gasteiger partial charge in [-0.25, -0.2) is 0 Å². The minimum atomic E-state index is -0.0718. The molecule has 0 aliphatic carbocycles. The van der Waals surface area contributed by atoms with Crippen LogP contribution in [-0.4, -0.2) is 13.2 Å². The standard InChI is InChI=1S/C15H19NO2S/c1-11(16)15(13-6-7-19-10-13)18-9-12-4-3-5-14(8-12)17-2/h3-8,10-11,15H,9,16H2,1-2H3. The zero-order valence-corrected chi connectivity index (χ0v) is 12.0. The van der Waals surface area contributed by atoms with E-state index in [1.54, 1.807) is 18.4 Å². The Morgan fingerprint density at radius 2 is 2.16 bits per heavy atom. The lowest BCUT2D eigenvalue weighted by molar-refractivity contribution is 0.0261. The number of benzene rings is 1. The number of hydrogen-bond acceptors (Lipinski definition) is 4. The molecule has 1 heterocycles. The molecule has 0 aliphatic heterocycles. The van der Waals surface area contributed by atoms with E-state index in [0.717, 1.165) is 16.9 Å². The van der Waals surface area contributed by atoms with Crippen molar-refractivity contribution < 1.29 is 9.47 Å². The molecule has 1 aromatic carbocycles. The topological polar surface area (TPSA) is 44.5 Å². The first-order valence-electron chi connectivity index (χ1n) is 6.23. The molecule has 19 heavy (non-hydrogen) atoms. The highest BCUT2D eigenvalue weighted by molar-refractivity contribution is 7.07. The van der Waals surface area contributed by atoms with Gasteiger partial charge >= 0.3 is 0 Å². The first-order chi connectivity index (χ1) is 9.20. The number of ether oxygens (including phenoxy) is 2. The Balaban J connectivity index is 2.02. The van der Waals surface area contributed by atoms with Crippen LogP contribution in [0.15, 0.2) is 41.1 Å². The molecule has 2 rings (SSSR count). The minimum absolute atomic E-state index is 0.0415. The number of thiophene rings is 1. The second-order valence-corrected chi connectivity index (χ2v) is 5.28. The third kappa shape index (κ3) is 3.80. The molecular formula is C15H19NO2S. The van der Waals surface area contributed by atoms with Gasteiger partial charge in [0.15, 0.2) is 0 Å². The Kier molecular flexibility index (Phi) is 4.96. The maximum absolute atomic E-state index is 6.00. The van der Waals surface area contributed by atoms with Crippen molar-refractivity contribution in [3.8, 4) is 5.75 Å². The highest BCUT2D eigenvalue weighted by Gasteiger charge is 2.17. The van der Waals surface area contributed by atoms with Crippen molar-refractivity contribution in [3.05, 3.63) is 52.2 Å². The summed E-state index contributed by atoms with van der Waals surface area (Å²) >= 11 is 1.66. The Morgan fingerprint density at radius 1 is 1.32 bits per heavy atom. The third-order valence-electron chi connectivity index (χ3n) is 2.91. The van der Waals surface area contributed by atoms with Gasteiger partial charge in [-0.15, -0.1) is 0 Å². The van der Waals surface area contributed by atoms with Gasteiger partial charge < -0.3 is 15.2 Å². The lowest BCUT2D eigenvalue weighted by atomic mass is 10.1. The van der Waals surface area contributed by atoms with E-state index in [1.165, 1.54) is 0 Å². The van der Waals surface area contributed by atoms with Gasteiger partial charge in [0.05, 0.1) is 19.8 Å². The first-order valence-corrected chi connectivity index (χ1v) is 7.17. The van der Waals surface area contributed by atoms with Crippen LogP contribution in [-0.2, 0) is 11.3 Å². The zero-order chi connectivity index (χ0) is 13.7. The fourth-order valence-corrected chi connectivity index (χ4v) is 2.62. The minimum Gasteiger partial charge on any atom is -0.497 e. The molecule has 2 aromatic rings. The van der Waals surface area contributed by atoms with E-state index in [9.17, 15) is 0 Å². The Hall–Kier alpha value is -1.36. The van der Waals surface area contributed by atoms with Gasteiger partial charge in [-0.2, -0.15) is 11.3 Å². The summed E-state index contributed by atoms with van der Waals surface area (Å²) in [4.78, 5) is 0. The second kappa shape index (κ2) is 6.70. The van der Waals surface area contributed by atoms with Crippen LogP contribution in [0.25, 0.3) is 0 Å². The monoisotopic (exact) mass is 277 g/mol. The highest BCUT2D eigenvalue weighted by atomic mass is 32.1. The summed E-state index contributed by atoms with van der Waals surface area (Å²) in [5, 5.41) is 4.12. The smallest absolute Gasteiger partial charge is 0.119 e. The fraction of sp³-hybridized carbons (Fsp3) is 0.333. The van der Waals surface area contributed by atoms with Gasteiger partial charge in [-0.05, 0) is 47.0 Å². The number of methoxy groups -OCH3 is 1. The molecule has 102 valence electrons. The first kappa shape index (κ1) is 14.1. The van der Waals surface area contributed by atoms with Crippen LogP contribution in [0.1, 0.15) is 24.2 Å². The van der Waals surface area contributed by atoms with Crippen LogP contribution in [0.2, 0.25) is 0 Å². The van der Waals surface area contributed by atoms with Crippen molar-refractivity contribution in [2.45, 2.75) is 25.7 Å². The Bertz CT molecular complexity index is 497. The van der Waals surface area contributed by atoms with E-state index in [-0.39, 0.29) is 12.1 Å². The van der Waals surface area contributed by atoms with E-state index in [0.29, 0.717) is 6.61 Å². The molecule has 0 aliphatic rings. The molecule has 4 heteroatoms. The SMILES string of the molecule is COc1cccc(COC(c2ccsc2)C(C)N)c1. The van der Waals surface area contributed by atoms with E-state index in [2.05, 4.69) is 11.4 Å². The molecule has 2 N–H and O–H groups in total. The number of hydrogen-bond donors (Lipinski definition) is 1. The summed E-state index contributed by atoms with van der Waals surface area (Å²) in [6.45, 7) is 2.49. The van der Waals surface area contributed by atoms with Crippen molar-refractivity contribution in [1.82, 2.24) is 0 Å². The molecule has 0 amide bonds. The van der Waals surface area contributed by atoms with Gasteiger partial charge in [-0.3, -0.25) is 0 Å². The normalized spacial score (nSPS) is 14.1. The molecule has 3 nitrogen and oxygen atoms in total. The summed E-state index contributed by atoms with van der Waals surface area (Å²) in [7, 11) is 1.66. The lowest BCUT2D eigenvalue weighted by Crippen LogP contribution is -2.26.